The average Bonchev–Trinajstić information content (AvgIpc) is 2.57. The number of carbonyl (C=O) groups excluding carboxylic acids is 2. The maximum atomic E-state index is 11.6. The minimum atomic E-state index is -2.85. The van der Waals surface area contributed by atoms with Gasteiger partial charge in [0.2, 0.25) is 23.4 Å². The van der Waals surface area contributed by atoms with Gasteiger partial charge in [0.1, 0.15) is 6.04 Å². The number of hydrogen-bond donors (Lipinski definition) is 5. The summed E-state index contributed by atoms with van der Waals surface area (Å²) in [6, 6.07) is -0.887. The van der Waals surface area contributed by atoms with Gasteiger partial charge < -0.3 is 31.1 Å². The Morgan fingerprint density at radius 1 is 1.44 bits per heavy atom. The predicted molar refractivity (Wildman–Crippen MR) is 58.5 cm³/mol. The molecule has 0 aromatic heterocycles. The molecule has 2 atom stereocenters. The minimum absolute atomic E-state index is 0.188. The van der Waals surface area contributed by atoms with E-state index in [4.69, 9.17) is 5.73 Å². The van der Waals surface area contributed by atoms with Gasteiger partial charge in [-0.25, -0.2) is 0 Å². The second-order valence-corrected chi connectivity index (χ2v) is 4.77. The van der Waals surface area contributed by atoms with Crippen LogP contribution < -0.4 is 5.73 Å². The summed E-state index contributed by atoms with van der Waals surface area (Å²) in [5.41, 5.74) is 5.06. The monoisotopic (exact) mass is 262 g/mol. The fraction of sp³-hybridized carbons (Fsp3) is 0.800. The molecular formula is C10H18N2O6. The van der Waals surface area contributed by atoms with Crippen molar-refractivity contribution in [1.29, 1.82) is 0 Å². The van der Waals surface area contributed by atoms with E-state index in [0.717, 1.165) is 11.8 Å². The van der Waals surface area contributed by atoms with Gasteiger partial charge in [0.05, 0.1) is 0 Å². The first-order chi connectivity index (χ1) is 7.98. The third-order valence-corrected chi connectivity index (χ3v) is 3.30. The third-order valence-electron chi connectivity index (χ3n) is 3.30. The van der Waals surface area contributed by atoms with Crippen molar-refractivity contribution in [3.8, 4) is 0 Å². The Morgan fingerprint density at radius 2 is 1.94 bits per heavy atom. The molecule has 0 spiro atoms. The zero-order chi connectivity index (χ0) is 14.3. The predicted octanol–water partition coefficient (Wildman–Crippen LogP) is -2.91. The van der Waals surface area contributed by atoms with Crippen molar-refractivity contribution < 1.29 is 30.0 Å². The Bertz CT molecular complexity index is 362. The minimum Gasteiger partial charge on any atom is -0.368 e. The molecule has 8 nitrogen and oxygen atoms in total. The van der Waals surface area contributed by atoms with Gasteiger partial charge in [0, 0.05) is 18.9 Å². The zero-order valence-electron chi connectivity index (χ0n) is 10.2. The molecule has 0 aliphatic carbocycles. The Morgan fingerprint density at radius 3 is 2.33 bits per heavy atom. The summed E-state index contributed by atoms with van der Waals surface area (Å²) in [5, 5.41) is 37.9. The summed E-state index contributed by atoms with van der Waals surface area (Å²) in [6.45, 7) is 2.03. The van der Waals surface area contributed by atoms with Crippen molar-refractivity contribution in [2.24, 2.45) is 11.7 Å². The molecule has 2 unspecified atom stereocenters. The summed E-state index contributed by atoms with van der Waals surface area (Å²) in [7, 11) is 0. The van der Waals surface area contributed by atoms with Crippen LogP contribution in [-0.2, 0) is 9.59 Å². The Labute approximate surface area is 104 Å². The lowest BCUT2D eigenvalue weighted by molar-refractivity contribution is -0.366. The molecule has 8 heteroatoms. The molecule has 1 aliphatic heterocycles. The molecule has 6 N–H and O–H groups in total. The maximum Gasteiger partial charge on any atom is 0.239 e. The van der Waals surface area contributed by atoms with E-state index in [0.29, 0.717) is 0 Å². The second kappa shape index (κ2) is 4.47. The van der Waals surface area contributed by atoms with Crippen molar-refractivity contribution in [2.75, 3.05) is 6.54 Å². The summed E-state index contributed by atoms with van der Waals surface area (Å²) in [6.07, 6.45) is -0.304. The number of nitrogens with zero attached hydrogens (tertiary/aromatic N) is 1. The number of amides is 2. The van der Waals surface area contributed by atoms with Gasteiger partial charge in [-0.15, -0.1) is 0 Å². The topological polar surface area (TPSA) is 144 Å². The lowest BCUT2D eigenvalue weighted by Crippen LogP contribution is -2.58. The van der Waals surface area contributed by atoms with Crippen molar-refractivity contribution in [3.05, 3.63) is 0 Å². The van der Waals surface area contributed by atoms with Gasteiger partial charge in [-0.3, -0.25) is 9.59 Å². The molecule has 0 saturated carbocycles. The molecule has 1 fully saturated rings. The number of rotatable bonds is 4. The Balaban J connectivity index is 2.88. The van der Waals surface area contributed by atoms with E-state index in [1.54, 1.807) is 0 Å². The Hall–Kier alpha value is -1.22. The molecule has 0 aromatic carbocycles. The third kappa shape index (κ3) is 2.46. The smallest absolute Gasteiger partial charge is 0.239 e. The average molecular weight is 262 g/mol. The fourth-order valence-electron chi connectivity index (χ4n) is 1.92. The lowest BCUT2D eigenvalue weighted by Gasteiger charge is -2.36. The van der Waals surface area contributed by atoms with Crippen LogP contribution in [0, 0.1) is 5.92 Å². The van der Waals surface area contributed by atoms with Gasteiger partial charge in [-0.1, -0.05) is 0 Å². The van der Waals surface area contributed by atoms with E-state index in [9.17, 15) is 30.0 Å². The van der Waals surface area contributed by atoms with Crippen LogP contribution in [0.2, 0.25) is 0 Å². The second-order valence-electron chi connectivity index (χ2n) is 4.77. The molecule has 104 valence electrons. The van der Waals surface area contributed by atoms with E-state index in [2.05, 4.69) is 0 Å². The molecule has 0 aromatic rings. The Kier molecular flexibility index (Phi) is 3.68. The number of aliphatic hydroxyl groups is 4. The number of likely N-dealkylation sites (tertiary alicyclic amines) is 1. The van der Waals surface area contributed by atoms with Crippen LogP contribution in [0.3, 0.4) is 0 Å². The van der Waals surface area contributed by atoms with Gasteiger partial charge in [0.15, 0.2) is 0 Å². The van der Waals surface area contributed by atoms with Gasteiger partial charge >= 0.3 is 0 Å². The summed E-state index contributed by atoms with van der Waals surface area (Å²) in [4.78, 5) is 23.7. The number of primary amides is 1. The first kappa shape index (κ1) is 14.8. The van der Waals surface area contributed by atoms with E-state index >= 15 is 0 Å². The summed E-state index contributed by atoms with van der Waals surface area (Å²) in [5.74, 6) is -7.96. The first-order valence-electron chi connectivity index (χ1n) is 5.46. The van der Waals surface area contributed by atoms with E-state index in [1.807, 2.05) is 0 Å². The zero-order valence-corrected chi connectivity index (χ0v) is 10.2. The van der Waals surface area contributed by atoms with Crippen molar-refractivity contribution >= 4 is 11.8 Å². The highest BCUT2D eigenvalue weighted by molar-refractivity contribution is 5.87. The number of nitrogens with two attached hydrogens (primary N) is 1. The van der Waals surface area contributed by atoms with Crippen molar-refractivity contribution in [1.82, 2.24) is 4.90 Å². The highest BCUT2D eigenvalue weighted by atomic mass is 16.6. The largest absolute Gasteiger partial charge is 0.368 e. The maximum absolute atomic E-state index is 11.6. The van der Waals surface area contributed by atoms with Gasteiger partial charge in [-0.05, 0) is 13.8 Å². The van der Waals surface area contributed by atoms with E-state index in [1.165, 1.54) is 6.92 Å². The van der Waals surface area contributed by atoms with Crippen LogP contribution in [0.5, 0.6) is 0 Å². The van der Waals surface area contributed by atoms with Crippen molar-refractivity contribution in [2.45, 2.75) is 37.9 Å². The molecule has 1 heterocycles. The summed E-state index contributed by atoms with van der Waals surface area (Å²) >= 11 is 0. The molecule has 2 amide bonds. The number of hydrogen-bond acceptors (Lipinski definition) is 6. The molecule has 1 rings (SSSR count). The molecule has 0 radical (unpaired) electrons. The normalized spacial score (nSPS) is 23.3. The van der Waals surface area contributed by atoms with Crippen LogP contribution in [-0.4, -0.2) is 61.3 Å². The molecule has 1 aliphatic rings. The van der Waals surface area contributed by atoms with E-state index < -0.39 is 35.3 Å². The van der Waals surface area contributed by atoms with Crippen LogP contribution in [0.1, 0.15) is 20.3 Å². The van der Waals surface area contributed by atoms with Crippen LogP contribution in [0.15, 0.2) is 0 Å². The molecule has 18 heavy (non-hydrogen) atoms. The number of carbonyl (C=O) groups is 2. The quantitative estimate of drug-likeness (QED) is 0.343. The van der Waals surface area contributed by atoms with Crippen LogP contribution >= 0.6 is 0 Å². The standard InChI is InChI=1S/C10H18N2O6/c1-5(8(11)14)12-4-6(3-7(12)13)10(17,18)9(2,15)16/h5-6,15-18H,3-4H2,1-2H3,(H2,11,14). The van der Waals surface area contributed by atoms with Crippen LogP contribution in [0.4, 0.5) is 0 Å². The lowest BCUT2D eigenvalue weighted by atomic mass is 9.91. The van der Waals surface area contributed by atoms with E-state index in [-0.39, 0.29) is 13.0 Å². The molecule has 0 bridgehead atoms. The highest BCUT2D eigenvalue weighted by Gasteiger charge is 2.54. The SMILES string of the molecule is CC(C(N)=O)N1CC(C(O)(O)C(C)(O)O)CC1=O. The fourth-order valence-corrected chi connectivity index (χ4v) is 1.92. The van der Waals surface area contributed by atoms with Crippen LogP contribution in [0.25, 0.3) is 0 Å². The first-order valence-corrected chi connectivity index (χ1v) is 5.46. The van der Waals surface area contributed by atoms with Crippen molar-refractivity contribution in [3.63, 3.8) is 0 Å². The van der Waals surface area contributed by atoms with Gasteiger partial charge in [0.25, 0.3) is 0 Å². The molecular weight excluding hydrogens is 244 g/mol. The van der Waals surface area contributed by atoms with Gasteiger partial charge in [-0.2, -0.15) is 0 Å². The molecule has 1 saturated heterocycles. The summed E-state index contributed by atoms with van der Waals surface area (Å²) < 4.78 is 0. The highest BCUT2D eigenvalue weighted by Crippen LogP contribution is 2.33.